The van der Waals surface area contributed by atoms with Crippen LogP contribution in [0, 0.1) is 6.92 Å². The summed E-state index contributed by atoms with van der Waals surface area (Å²) in [5.74, 6) is 2.87. The highest BCUT2D eigenvalue weighted by molar-refractivity contribution is 9.10. The summed E-state index contributed by atoms with van der Waals surface area (Å²) >= 11 is 3.43. The normalized spacial score (nSPS) is 11.2. The lowest BCUT2D eigenvalue weighted by atomic mass is 10.0. The molecule has 2 rings (SSSR count). The van der Waals surface area contributed by atoms with Gasteiger partial charge in [-0.15, -0.1) is 0 Å². The highest BCUT2D eigenvalue weighted by Gasteiger charge is 2.12. The lowest BCUT2D eigenvalue weighted by Gasteiger charge is -2.15. The van der Waals surface area contributed by atoms with Gasteiger partial charge < -0.3 is 4.74 Å². The van der Waals surface area contributed by atoms with Gasteiger partial charge in [0.25, 0.3) is 0 Å². The highest BCUT2D eigenvalue weighted by Crippen LogP contribution is 2.31. The summed E-state index contributed by atoms with van der Waals surface area (Å²) in [6, 6.07) is 8.09. The molecule has 0 bridgehead atoms. The van der Waals surface area contributed by atoms with Gasteiger partial charge in [0.15, 0.2) is 0 Å². The van der Waals surface area contributed by atoms with Crippen molar-refractivity contribution in [3.63, 3.8) is 0 Å². The first-order valence-corrected chi connectivity index (χ1v) is 7.99. The maximum absolute atomic E-state index is 6.04. The molecular weight excluding hydrogens is 328 g/mol. The summed E-state index contributed by atoms with van der Waals surface area (Å²) in [5.41, 5.74) is 2.35. The molecule has 0 radical (unpaired) electrons. The number of benzene rings is 1. The summed E-state index contributed by atoms with van der Waals surface area (Å²) in [5, 5.41) is 0. The Bertz CT molecular complexity index is 639. The van der Waals surface area contributed by atoms with E-state index < -0.39 is 0 Å². The fraction of sp³-hybridized carbons (Fsp3) is 0.412. The quantitative estimate of drug-likeness (QED) is 0.675. The first kappa shape index (κ1) is 16.0. The van der Waals surface area contributed by atoms with Crippen LogP contribution in [0.5, 0.6) is 11.6 Å². The zero-order chi connectivity index (χ0) is 15.6. The van der Waals surface area contributed by atoms with Gasteiger partial charge in [-0.25, -0.2) is 4.98 Å². The first-order valence-electron chi connectivity index (χ1n) is 7.19. The zero-order valence-corrected chi connectivity index (χ0v) is 14.7. The molecule has 2 aromatic rings. The van der Waals surface area contributed by atoms with Gasteiger partial charge in [-0.05, 0) is 46.0 Å². The van der Waals surface area contributed by atoms with Gasteiger partial charge in [-0.3, -0.25) is 0 Å². The molecule has 0 N–H and O–H groups in total. The molecule has 0 fully saturated rings. The van der Waals surface area contributed by atoms with Gasteiger partial charge in [-0.2, -0.15) is 4.98 Å². The van der Waals surface area contributed by atoms with E-state index >= 15 is 0 Å². The second-order valence-corrected chi connectivity index (χ2v) is 6.65. The van der Waals surface area contributed by atoms with E-state index in [1.807, 2.05) is 0 Å². The fourth-order valence-corrected chi connectivity index (χ4v) is 2.42. The number of hydrogen-bond donors (Lipinski definition) is 0. The Labute approximate surface area is 134 Å². The highest BCUT2D eigenvalue weighted by atomic mass is 79.9. The van der Waals surface area contributed by atoms with Crippen LogP contribution >= 0.6 is 15.9 Å². The van der Waals surface area contributed by atoms with E-state index in [1.165, 1.54) is 11.1 Å². The molecule has 0 aliphatic heterocycles. The Balaban J connectivity index is 2.40. The molecule has 0 aliphatic rings. The molecule has 0 spiro atoms. The van der Waals surface area contributed by atoms with Crippen molar-refractivity contribution < 1.29 is 4.74 Å². The van der Waals surface area contributed by atoms with E-state index in [0.717, 1.165) is 16.2 Å². The number of nitrogens with zero attached hydrogens (tertiary/aromatic N) is 2. The van der Waals surface area contributed by atoms with Crippen LogP contribution in [0.25, 0.3) is 0 Å². The van der Waals surface area contributed by atoms with Crippen molar-refractivity contribution in [2.75, 3.05) is 0 Å². The molecule has 1 aromatic carbocycles. The standard InChI is InChI=1S/C17H21BrN2O/c1-10(2)13-7-6-12(5)8-14(13)21-16-9-15(18)19-17(20-16)11(3)4/h6-11H,1-5H3. The molecule has 0 aliphatic carbocycles. The Kier molecular flexibility index (Phi) is 4.99. The maximum Gasteiger partial charge on any atom is 0.223 e. The number of aryl methyl sites for hydroxylation is 1. The van der Waals surface area contributed by atoms with Gasteiger partial charge in [0.1, 0.15) is 16.2 Å². The van der Waals surface area contributed by atoms with Crippen molar-refractivity contribution in [3.8, 4) is 11.6 Å². The van der Waals surface area contributed by atoms with Crippen molar-refractivity contribution in [1.82, 2.24) is 9.97 Å². The summed E-state index contributed by atoms with van der Waals surface area (Å²) < 4.78 is 6.79. The zero-order valence-electron chi connectivity index (χ0n) is 13.1. The predicted octanol–water partition coefficient (Wildman–Crippen LogP) is 5.59. The Morgan fingerprint density at radius 2 is 1.71 bits per heavy atom. The molecule has 112 valence electrons. The topological polar surface area (TPSA) is 35.0 Å². The third-order valence-electron chi connectivity index (χ3n) is 3.21. The van der Waals surface area contributed by atoms with Crippen LogP contribution in [0.4, 0.5) is 0 Å². The number of rotatable bonds is 4. The third kappa shape index (κ3) is 4.03. The molecule has 0 atom stereocenters. The van der Waals surface area contributed by atoms with E-state index in [1.54, 1.807) is 6.07 Å². The Morgan fingerprint density at radius 3 is 2.33 bits per heavy atom. The largest absolute Gasteiger partial charge is 0.439 e. The Hall–Kier alpha value is -1.42. The summed E-state index contributed by atoms with van der Waals surface area (Å²) in [7, 11) is 0. The van der Waals surface area contributed by atoms with Crippen molar-refractivity contribution in [2.45, 2.75) is 46.5 Å². The average Bonchev–Trinajstić information content (AvgIpc) is 2.37. The minimum atomic E-state index is 0.256. The van der Waals surface area contributed by atoms with Crippen LogP contribution in [0.15, 0.2) is 28.9 Å². The molecule has 0 saturated heterocycles. The molecule has 4 heteroatoms. The van der Waals surface area contributed by atoms with Crippen LogP contribution in [-0.4, -0.2) is 9.97 Å². The van der Waals surface area contributed by atoms with E-state index in [9.17, 15) is 0 Å². The van der Waals surface area contributed by atoms with Gasteiger partial charge in [0.2, 0.25) is 5.88 Å². The number of halogens is 1. The minimum absolute atomic E-state index is 0.256. The van der Waals surface area contributed by atoms with E-state index in [-0.39, 0.29) is 5.92 Å². The van der Waals surface area contributed by atoms with Gasteiger partial charge in [-0.1, -0.05) is 39.8 Å². The smallest absolute Gasteiger partial charge is 0.223 e. The molecule has 1 heterocycles. The molecule has 0 saturated carbocycles. The lowest BCUT2D eigenvalue weighted by Crippen LogP contribution is -2.01. The summed E-state index contributed by atoms with van der Waals surface area (Å²) in [6.45, 7) is 10.5. The number of hydrogen-bond acceptors (Lipinski definition) is 3. The van der Waals surface area contributed by atoms with Gasteiger partial charge in [0, 0.05) is 12.0 Å². The third-order valence-corrected chi connectivity index (χ3v) is 3.62. The number of ether oxygens (including phenoxy) is 1. The molecular formula is C17H21BrN2O. The van der Waals surface area contributed by atoms with E-state index in [2.05, 4.69) is 78.7 Å². The molecule has 21 heavy (non-hydrogen) atoms. The second kappa shape index (κ2) is 6.56. The SMILES string of the molecule is Cc1ccc(C(C)C)c(Oc2cc(Br)nc(C(C)C)n2)c1. The van der Waals surface area contributed by atoms with Crippen LogP contribution in [0.2, 0.25) is 0 Å². The summed E-state index contributed by atoms with van der Waals surface area (Å²) in [6.07, 6.45) is 0. The van der Waals surface area contributed by atoms with Crippen molar-refractivity contribution >= 4 is 15.9 Å². The van der Waals surface area contributed by atoms with E-state index in [0.29, 0.717) is 11.8 Å². The maximum atomic E-state index is 6.04. The number of aromatic nitrogens is 2. The van der Waals surface area contributed by atoms with Gasteiger partial charge in [0.05, 0.1) is 0 Å². The van der Waals surface area contributed by atoms with Crippen LogP contribution in [0.3, 0.4) is 0 Å². The van der Waals surface area contributed by atoms with Crippen molar-refractivity contribution in [3.05, 3.63) is 45.8 Å². The lowest BCUT2D eigenvalue weighted by molar-refractivity contribution is 0.447. The summed E-state index contributed by atoms with van der Waals surface area (Å²) in [4.78, 5) is 8.87. The predicted molar refractivity (Wildman–Crippen MR) is 89.2 cm³/mol. The molecule has 1 aromatic heterocycles. The van der Waals surface area contributed by atoms with Crippen LogP contribution in [0.1, 0.15) is 56.5 Å². The van der Waals surface area contributed by atoms with Crippen molar-refractivity contribution in [2.24, 2.45) is 0 Å². The Morgan fingerprint density at radius 1 is 1.00 bits per heavy atom. The van der Waals surface area contributed by atoms with Crippen LogP contribution in [-0.2, 0) is 0 Å². The van der Waals surface area contributed by atoms with E-state index in [4.69, 9.17) is 4.74 Å². The molecule has 0 unspecified atom stereocenters. The fourth-order valence-electron chi connectivity index (χ4n) is 2.04. The van der Waals surface area contributed by atoms with Gasteiger partial charge >= 0.3 is 0 Å². The molecule has 3 nitrogen and oxygen atoms in total. The molecule has 0 amide bonds. The minimum Gasteiger partial charge on any atom is -0.439 e. The average molecular weight is 349 g/mol. The van der Waals surface area contributed by atoms with Crippen molar-refractivity contribution in [1.29, 1.82) is 0 Å². The monoisotopic (exact) mass is 348 g/mol. The van der Waals surface area contributed by atoms with Crippen LogP contribution < -0.4 is 4.74 Å². The second-order valence-electron chi connectivity index (χ2n) is 5.84. The first-order chi connectivity index (χ1) is 9.86.